The van der Waals surface area contributed by atoms with E-state index in [9.17, 15) is 4.79 Å². The van der Waals surface area contributed by atoms with Gasteiger partial charge >= 0.3 is 0 Å². The van der Waals surface area contributed by atoms with Crippen LogP contribution in [0.25, 0.3) is 0 Å². The maximum absolute atomic E-state index is 12.5. The highest BCUT2D eigenvalue weighted by molar-refractivity contribution is 5.91. The van der Waals surface area contributed by atoms with Gasteiger partial charge in [0.2, 0.25) is 0 Å². The number of nitrogens with one attached hydrogen (secondary N) is 2. The summed E-state index contributed by atoms with van der Waals surface area (Å²) in [6.07, 6.45) is 0. The number of nitrogens with zero attached hydrogens (tertiary/aromatic N) is 1. The summed E-state index contributed by atoms with van der Waals surface area (Å²) in [5.41, 5.74) is 1.89. The minimum Gasteiger partial charge on any atom is -0.495 e. The molecular formula is C25H28N3O3+. The molecule has 6 heteroatoms. The lowest BCUT2D eigenvalue weighted by Crippen LogP contribution is -3.15. The number of amides is 1. The van der Waals surface area contributed by atoms with Crippen LogP contribution in [0.15, 0.2) is 78.9 Å². The third kappa shape index (κ3) is 5.55. The Kier molecular flexibility index (Phi) is 6.69. The summed E-state index contributed by atoms with van der Waals surface area (Å²) in [6, 6.07) is 25.2. The summed E-state index contributed by atoms with van der Waals surface area (Å²) in [7, 11) is 1.70. The Morgan fingerprint density at radius 1 is 0.903 bits per heavy atom. The van der Waals surface area contributed by atoms with E-state index in [0.717, 1.165) is 54.8 Å². The first-order chi connectivity index (χ1) is 15.2. The van der Waals surface area contributed by atoms with Crippen molar-refractivity contribution < 1.29 is 19.2 Å². The molecule has 1 amide bonds. The zero-order chi connectivity index (χ0) is 21.5. The van der Waals surface area contributed by atoms with Crippen molar-refractivity contribution in [3.8, 4) is 17.2 Å². The number of para-hydroxylation sites is 3. The van der Waals surface area contributed by atoms with E-state index >= 15 is 0 Å². The molecule has 1 saturated heterocycles. The van der Waals surface area contributed by atoms with Crippen LogP contribution in [0.2, 0.25) is 0 Å². The van der Waals surface area contributed by atoms with Crippen LogP contribution >= 0.6 is 0 Å². The van der Waals surface area contributed by atoms with E-state index in [1.807, 2.05) is 72.8 Å². The molecule has 160 valence electrons. The third-order valence-electron chi connectivity index (χ3n) is 5.42. The number of hydrogen-bond donors (Lipinski definition) is 2. The maximum Gasteiger partial charge on any atom is 0.279 e. The summed E-state index contributed by atoms with van der Waals surface area (Å²) < 4.78 is 11.3. The van der Waals surface area contributed by atoms with Crippen LogP contribution < -0.4 is 24.6 Å². The van der Waals surface area contributed by atoms with Gasteiger partial charge in [-0.2, -0.15) is 0 Å². The van der Waals surface area contributed by atoms with Crippen molar-refractivity contribution in [2.75, 3.05) is 50.1 Å². The molecule has 31 heavy (non-hydrogen) atoms. The summed E-state index contributed by atoms with van der Waals surface area (Å²) in [5, 5.41) is 2.99. The number of carbonyl (C=O) groups excluding carboxylic acids is 1. The lowest BCUT2D eigenvalue weighted by atomic mass is 10.2. The van der Waals surface area contributed by atoms with Crippen LogP contribution in [0.4, 0.5) is 11.4 Å². The summed E-state index contributed by atoms with van der Waals surface area (Å²) in [5.74, 6) is 2.44. The van der Waals surface area contributed by atoms with Crippen molar-refractivity contribution >= 4 is 17.3 Å². The Morgan fingerprint density at radius 2 is 1.55 bits per heavy atom. The molecule has 0 saturated carbocycles. The van der Waals surface area contributed by atoms with Gasteiger partial charge in [0.15, 0.2) is 6.54 Å². The van der Waals surface area contributed by atoms with Gasteiger partial charge in [0.05, 0.1) is 39.0 Å². The van der Waals surface area contributed by atoms with E-state index in [0.29, 0.717) is 6.54 Å². The molecular weight excluding hydrogens is 390 g/mol. The van der Waals surface area contributed by atoms with Gasteiger partial charge in [-0.3, -0.25) is 4.79 Å². The van der Waals surface area contributed by atoms with Crippen LogP contribution in [0.3, 0.4) is 0 Å². The van der Waals surface area contributed by atoms with Crippen LogP contribution in [0, 0.1) is 0 Å². The molecule has 1 fully saturated rings. The molecule has 0 aliphatic carbocycles. The van der Waals surface area contributed by atoms with E-state index in [2.05, 4.69) is 16.3 Å². The number of rotatable bonds is 7. The topological polar surface area (TPSA) is 55.2 Å². The highest BCUT2D eigenvalue weighted by atomic mass is 16.5. The Labute approximate surface area is 183 Å². The van der Waals surface area contributed by atoms with Crippen LogP contribution in [0.1, 0.15) is 0 Å². The highest BCUT2D eigenvalue weighted by Gasteiger charge is 2.23. The Bertz CT molecular complexity index is 984. The second-order valence-corrected chi connectivity index (χ2v) is 7.57. The normalized spacial score (nSPS) is 14.2. The second kappa shape index (κ2) is 10.00. The van der Waals surface area contributed by atoms with Crippen molar-refractivity contribution in [2.24, 2.45) is 0 Å². The number of ether oxygens (including phenoxy) is 2. The van der Waals surface area contributed by atoms with E-state index in [1.165, 1.54) is 4.90 Å². The van der Waals surface area contributed by atoms with Crippen LogP contribution in [0.5, 0.6) is 17.2 Å². The lowest BCUT2D eigenvalue weighted by Gasteiger charge is -2.34. The SMILES string of the molecule is COc1ccccc1N1CC[NH+](CC(=O)Nc2ccc(Oc3ccccc3)cc2)CC1. The van der Waals surface area contributed by atoms with Crippen molar-refractivity contribution in [2.45, 2.75) is 0 Å². The average molecular weight is 419 g/mol. The lowest BCUT2D eigenvalue weighted by molar-refractivity contribution is -0.892. The maximum atomic E-state index is 12.5. The fraction of sp³-hybridized carbons (Fsp3) is 0.240. The molecule has 2 N–H and O–H groups in total. The van der Waals surface area contributed by atoms with E-state index in [1.54, 1.807) is 7.11 Å². The molecule has 1 heterocycles. The largest absolute Gasteiger partial charge is 0.495 e. The van der Waals surface area contributed by atoms with Gasteiger partial charge in [0.1, 0.15) is 17.2 Å². The quantitative estimate of drug-likeness (QED) is 0.620. The van der Waals surface area contributed by atoms with Crippen molar-refractivity contribution in [3.05, 3.63) is 78.9 Å². The first-order valence-corrected chi connectivity index (χ1v) is 10.6. The molecule has 0 unspecified atom stereocenters. The standard InChI is InChI=1S/C25H27N3O3/c1-30-24-10-6-5-9-23(24)28-17-15-27(16-18-28)19-25(29)26-20-11-13-22(14-12-20)31-21-7-3-2-4-8-21/h2-14H,15-19H2,1H3,(H,26,29)/p+1. The zero-order valence-electron chi connectivity index (χ0n) is 17.7. The van der Waals surface area contributed by atoms with E-state index < -0.39 is 0 Å². The average Bonchev–Trinajstić information content (AvgIpc) is 2.81. The van der Waals surface area contributed by atoms with Gasteiger partial charge in [-0.05, 0) is 48.5 Å². The predicted molar refractivity (Wildman–Crippen MR) is 122 cm³/mol. The van der Waals surface area contributed by atoms with Crippen LogP contribution in [-0.4, -0.2) is 45.7 Å². The van der Waals surface area contributed by atoms with Gasteiger partial charge in [-0.15, -0.1) is 0 Å². The Balaban J connectivity index is 1.25. The minimum atomic E-state index is 0.0254. The molecule has 3 aromatic carbocycles. The number of quaternary nitrogens is 1. The fourth-order valence-electron chi connectivity index (χ4n) is 3.79. The van der Waals surface area contributed by atoms with Gasteiger partial charge in [0, 0.05) is 5.69 Å². The number of benzene rings is 3. The third-order valence-corrected chi connectivity index (χ3v) is 5.42. The molecule has 4 rings (SSSR count). The fourth-order valence-corrected chi connectivity index (χ4v) is 3.79. The molecule has 1 aliphatic heterocycles. The molecule has 3 aromatic rings. The van der Waals surface area contributed by atoms with E-state index in [-0.39, 0.29) is 5.91 Å². The highest BCUT2D eigenvalue weighted by Crippen LogP contribution is 2.27. The van der Waals surface area contributed by atoms with Gasteiger partial charge in [-0.1, -0.05) is 30.3 Å². The minimum absolute atomic E-state index is 0.0254. The summed E-state index contributed by atoms with van der Waals surface area (Å²) >= 11 is 0. The first kappa shape index (κ1) is 20.8. The summed E-state index contributed by atoms with van der Waals surface area (Å²) in [4.78, 5) is 16.1. The molecule has 0 atom stereocenters. The number of methoxy groups -OCH3 is 1. The number of piperazine rings is 1. The predicted octanol–water partition coefficient (Wildman–Crippen LogP) is 2.83. The van der Waals surface area contributed by atoms with Crippen molar-refractivity contribution in [3.63, 3.8) is 0 Å². The smallest absolute Gasteiger partial charge is 0.279 e. The monoisotopic (exact) mass is 418 g/mol. The molecule has 0 aromatic heterocycles. The number of carbonyl (C=O) groups is 1. The van der Waals surface area contributed by atoms with Crippen LogP contribution in [-0.2, 0) is 4.79 Å². The molecule has 0 spiro atoms. The van der Waals surface area contributed by atoms with Gasteiger partial charge in [0.25, 0.3) is 5.91 Å². The number of hydrogen-bond acceptors (Lipinski definition) is 4. The Hall–Kier alpha value is -3.51. The first-order valence-electron chi connectivity index (χ1n) is 10.6. The number of anilines is 2. The zero-order valence-corrected chi connectivity index (χ0v) is 17.7. The molecule has 0 bridgehead atoms. The van der Waals surface area contributed by atoms with E-state index in [4.69, 9.17) is 9.47 Å². The van der Waals surface area contributed by atoms with Gasteiger partial charge < -0.3 is 24.6 Å². The van der Waals surface area contributed by atoms with Crippen molar-refractivity contribution in [1.29, 1.82) is 0 Å². The Morgan fingerprint density at radius 3 is 2.26 bits per heavy atom. The second-order valence-electron chi connectivity index (χ2n) is 7.57. The van der Waals surface area contributed by atoms with Gasteiger partial charge in [-0.25, -0.2) is 0 Å². The molecule has 6 nitrogen and oxygen atoms in total. The summed E-state index contributed by atoms with van der Waals surface area (Å²) in [6.45, 7) is 4.08. The van der Waals surface area contributed by atoms with Crippen molar-refractivity contribution in [1.82, 2.24) is 0 Å². The molecule has 1 aliphatic rings. The molecule has 0 radical (unpaired) electrons.